The number of nitrogens with one attached hydrogen (secondary N) is 2. The summed E-state index contributed by atoms with van der Waals surface area (Å²) >= 11 is 0. The van der Waals surface area contributed by atoms with Crippen molar-refractivity contribution in [3.05, 3.63) is 0 Å². The summed E-state index contributed by atoms with van der Waals surface area (Å²) in [4.78, 5) is 2.01. The molecule has 0 spiro atoms. The second-order valence-electron chi connectivity index (χ2n) is 5.16. The summed E-state index contributed by atoms with van der Waals surface area (Å²) in [6.07, 6.45) is 2.44. The second-order valence-corrected chi connectivity index (χ2v) is 5.16. The Bertz CT molecular complexity index is 177. The third-order valence-corrected chi connectivity index (χ3v) is 2.73. The highest BCUT2D eigenvalue weighted by Gasteiger charge is 2.23. The first-order valence-corrected chi connectivity index (χ1v) is 5.81. The van der Waals surface area contributed by atoms with Gasteiger partial charge in [-0.3, -0.25) is 0 Å². The van der Waals surface area contributed by atoms with Crippen molar-refractivity contribution in [1.82, 2.24) is 15.5 Å². The quantitative estimate of drug-likeness (QED) is 0.586. The summed E-state index contributed by atoms with van der Waals surface area (Å²) in [6, 6.07) is 0.521. The largest absolute Gasteiger partial charge is 0.388 e. The van der Waals surface area contributed by atoms with Crippen molar-refractivity contribution in [1.29, 1.82) is 0 Å². The van der Waals surface area contributed by atoms with E-state index in [4.69, 9.17) is 0 Å². The first-order chi connectivity index (χ1) is 6.99. The molecular weight excluding hydrogens is 190 g/mol. The lowest BCUT2D eigenvalue weighted by Gasteiger charge is -2.31. The Balaban J connectivity index is 2.21. The molecule has 1 heterocycles. The van der Waals surface area contributed by atoms with Crippen LogP contribution in [0, 0.1) is 0 Å². The molecule has 0 aliphatic carbocycles. The molecule has 0 amide bonds. The number of rotatable bonds is 5. The molecule has 0 saturated carbocycles. The van der Waals surface area contributed by atoms with Gasteiger partial charge >= 0.3 is 0 Å². The number of nitrogens with zero attached hydrogens (tertiary/aromatic N) is 1. The van der Waals surface area contributed by atoms with Crippen LogP contribution < -0.4 is 10.6 Å². The Labute approximate surface area is 93.0 Å². The van der Waals surface area contributed by atoms with E-state index in [0.29, 0.717) is 19.1 Å². The molecule has 0 aromatic rings. The Morgan fingerprint density at radius 3 is 2.80 bits per heavy atom. The standard InChI is InChI=1S/C11H25N3O/c1-11(15,9-14(2)3)8-13-10-5-4-6-12-7-10/h10,12-13,15H,4-9H2,1-3H3. The van der Waals surface area contributed by atoms with E-state index in [1.54, 1.807) is 0 Å². The highest BCUT2D eigenvalue weighted by Crippen LogP contribution is 2.06. The minimum atomic E-state index is -0.638. The van der Waals surface area contributed by atoms with E-state index < -0.39 is 5.60 Å². The van der Waals surface area contributed by atoms with E-state index in [1.807, 2.05) is 25.9 Å². The van der Waals surface area contributed by atoms with Crippen LogP contribution in [0.1, 0.15) is 19.8 Å². The summed E-state index contributed by atoms with van der Waals surface area (Å²) in [7, 11) is 3.97. The Kier molecular flexibility index (Phi) is 4.99. The summed E-state index contributed by atoms with van der Waals surface area (Å²) < 4.78 is 0. The maximum atomic E-state index is 10.1. The Morgan fingerprint density at radius 2 is 2.27 bits per heavy atom. The average Bonchev–Trinajstić information content (AvgIpc) is 2.15. The summed E-state index contributed by atoms with van der Waals surface area (Å²) in [5.74, 6) is 0. The van der Waals surface area contributed by atoms with Gasteiger partial charge in [-0.15, -0.1) is 0 Å². The molecule has 1 aliphatic rings. The molecule has 0 bridgehead atoms. The van der Waals surface area contributed by atoms with Crippen LogP contribution in [0.3, 0.4) is 0 Å². The van der Waals surface area contributed by atoms with Crippen molar-refractivity contribution in [3.8, 4) is 0 Å². The fourth-order valence-electron chi connectivity index (χ4n) is 2.13. The molecule has 1 rings (SSSR count). The molecule has 1 aliphatic heterocycles. The van der Waals surface area contributed by atoms with Crippen LogP contribution in [0.25, 0.3) is 0 Å². The van der Waals surface area contributed by atoms with Crippen LogP contribution in [-0.4, -0.2) is 61.9 Å². The van der Waals surface area contributed by atoms with E-state index in [-0.39, 0.29) is 0 Å². The van der Waals surface area contributed by atoms with Crippen molar-refractivity contribution >= 4 is 0 Å². The fourth-order valence-corrected chi connectivity index (χ4v) is 2.13. The summed E-state index contributed by atoms with van der Waals surface area (Å²) in [5, 5.41) is 16.9. The molecule has 0 radical (unpaired) electrons. The molecule has 1 saturated heterocycles. The minimum absolute atomic E-state index is 0.521. The zero-order valence-electron chi connectivity index (χ0n) is 10.2. The van der Waals surface area contributed by atoms with Gasteiger partial charge in [0, 0.05) is 25.7 Å². The Morgan fingerprint density at radius 1 is 1.53 bits per heavy atom. The number of hydrogen-bond acceptors (Lipinski definition) is 4. The van der Waals surface area contributed by atoms with Crippen LogP contribution in [0.2, 0.25) is 0 Å². The van der Waals surface area contributed by atoms with Gasteiger partial charge < -0.3 is 20.6 Å². The van der Waals surface area contributed by atoms with E-state index in [1.165, 1.54) is 12.8 Å². The van der Waals surface area contributed by atoms with E-state index in [9.17, 15) is 5.11 Å². The molecule has 4 nitrogen and oxygen atoms in total. The number of likely N-dealkylation sites (N-methyl/N-ethyl adjacent to an activating group) is 1. The predicted octanol–water partition coefficient (Wildman–Crippen LogP) is -0.359. The molecule has 0 aromatic heterocycles. The van der Waals surface area contributed by atoms with Crippen LogP contribution >= 0.6 is 0 Å². The maximum absolute atomic E-state index is 10.1. The summed E-state index contributed by atoms with van der Waals surface area (Å²) in [6.45, 7) is 5.40. The van der Waals surface area contributed by atoms with Gasteiger partial charge in [-0.1, -0.05) is 0 Å². The van der Waals surface area contributed by atoms with E-state index in [2.05, 4.69) is 10.6 Å². The third-order valence-electron chi connectivity index (χ3n) is 2.73. The topological polar surface area (TPSA) is 47.5 Å². The van der Waals surface area contributed by atoms with Crippen LogP contribution in [-0.2, 0) is 0 Å². The SMILES string of the molecule is CN(C)CC(C)(O)CNC1CCCNC1. The zero-order chi connectivity index (χ0) is 11.3. The van der Waals surface area contributed by atoms with Crippen molar-refractivity contribution in [3.63, 3.8) is 0 Å². The van der Waals surface area contributed by atoms with Crippen molar-refractivity contribution in [2.45, 2.75) is 31.4 Å². The fraction of sp³-hybridized carbons (Fsp3) is 1.00. The first kappa shape index (κ1) is 12.9. The second kappa shape index (κ2) is 5.80. The molecule has 0 aromatic carbocycles. The van der Waals surface area contributed by atoms with E-state index in [0.717, 1.165) is 13.1 Å². The van der Waals surface area contributed by atoms with Gasteiger partial charge in [0.1, 0.15) is 0 Å². The number of hydrogen-bond donors (Lipinski definition) is 3. The molecule has 2 unspecified atom stereocenters. The normalized spacial score (nSPS) is 26.6. The molecular formula is C11H25N3O. The minimum Gasteiger partial charge on any atom is -0.388 e. The molecule has 90 valence electrons. The van der Waals surface area contributed by atoms with Gasteiger partial charge in [0.2, 0.25) is 0 Å². The molecule has 3 N–H and O–H groups in total. The van der Waals surface area contributed by atoms with Crippen LogP contribution in [0.4, 0.5) is 0 Å². The highest BCUT2D eigenvalue weighted by atomic mass is 16.3. The molecule has 1 fully saturated rings. The number of aliphatic hydroxyl groups is 1. The lowest BCUT2D eigenvalue weighted by Crippen LogP contribution is -2.51. The van der Waals surface area contributed by atoms with Crippen molar-refractivity contribution < 1.29 is 5.11 Å². The van der Waals surface area contributed by atoms with Crippen LogP contribution in [0.15, 0.2) is 0 Å². The Hall–Kier alpha value is -0.160. The number of piperidine rings is 1. The predicted molar refractivity (Wildman–Crippen MR) is 63.1 cm³/mol. The molecule has 2 atom stereocenters. The van der Waals surface area contributed by atoms with Gasteiger partial charge in [0.25, 0.3) is 0 Å². The molecule has 4 heteroatoms. The monoisotopic (exact) mass is 215 g/mol. The van der Waals surface area contributed by atoms with Gasteiger partial charge in [0.15, 0.2) is 0 Å². The lowest BCUT2D eigenvalue weighted by molar-refractivity contribution is 0.0306. The van der Waals surface area contributed by atoms with Crippen molar-refractivity contribution in [2.75, 3.05) is 40.3 Å². The van der Waals surface area contributed by atoms with Gasteiger partial charge in [-0.05, 0) is 40.4 Å². The summed E-state index contributed by atoms with van der Waals surface area (Å²) in [5.41, 5.74) is -0.638. The molecule has 15 heavy (non-hydrogen) atoms. The van der Waals surface area contributed by atoms with Crippen molar-refractivity contribution in [2.24, 2.45) is 0 Å². The highest BCUT2D eigenvalue weighted by molar-refractivity contribution is 4.82. The zero-order valence-corrected chi connectivity index (χ0v) is 10.2. The van der Waals surface area contributed by atoms with E-state index >= 15 is 0 Å². The third kappa shape index (κ3) is 5.47. The maximum Gasteiger partial charge on any atom is 0.0869 e. The van der Waals surface area contributed by atoms with Gasteiger partial charge in [0.05, 0.1) is 5.60 Å². The smallest absolute Gasteiger partial charge is 0.0869 e. The van der Waals surface area contributed by atoms with Gasteiger partial charge in [-0.2, -0.15) is 0 Å². The lowest BCUT2D eigenvalue weighted by atomic mass is 10.0. The van der Waals surface area contributed by atoms with Crippen LogP contribution in [0.5, 0.6) is 0 Å². The van der Waals surface area contributed by atoms with Gasteiger partial charge in [-0.25, -0.2) is 0 Å². The first-order valence-electron chi connectivity index (χ1n) is 5.81. The average molecular weight is 215 g/mol.